The molecule has 2 rings (SSSR count). The highest BCUT2D eigenvalue weighted by atomic mass is 32.1. The summed E-state index contributed by atoms with van der Waals surface area (Å²) in [5.74, 6) is 0. The van der Waals surface area contributed by atoms with E-state index in [0.717, 1.165) is 42.0 Å². The summed E-state index contributed by atoms with van der Waals surface area (Å²) in [6.45, 7) is 7.02. The molecule has 0 fully saturated rings. The topological polar surface area (TPSA) is 54.2 Å². The standard InChI is InChI=1S/C17H23N5S/c1-4-5-11-18-17(23)20-19-12-16-13(2)21-22(14(16)3)15-9-7-6-8-10-15/h6-10,12H,4-5,11H2,1-3H3,(H2,18,20,23). The predicted octanol–water partition coefficient (Wildman–Crippen LogP) is 3.09. The second-order valence-electron chi connectivity index (χ2n) is 5.31. The molecular formula is C17H23N5S. The molecular weight excluding hydrogens is 306 g/mol. The molecule has 0 amide bonds. The van der Waals surface area contributed by atoms with Gasteiger partial charge in [-0.3, -0.25) is 5.43 Å². The quantitative estimate of drug-likeness (QED) is 0.370. The summed E-state index contributed by atoms with van der Waals surface area (Å²) in [6.07, 6.45) is 3.99. The van der Waals surface area contributed by atoms with Crippen LogP contribution in [0.25, 0.3) is 5.69 Å². The first-order chi connectivity index (χ1) is 11.1. The van der Waals surface area contributed by atoms with Crippen LogP contribution < -0.4 is 10.7 Å². The Bertz CT molecular complexity index is 676. The van der Waals surface area contributed by atoms with Gasteiger partial charge in [0.25, 0.3) is 0 Å². The minimum Gasteiger partial charge on any atom is -0.361 e. The number of benzene rings is 1. The van der Waals surface area contributed by atoms with Crippen LogP contribution in [0.3, 0.4) is 0 Å². The highest BCUT2D eigenvalue weighted by Gasteiger charge is 2.10. The van der Waals surface area contributed by atoms with Crippen molar-refractivity contribution in [3.05, 3.63) is 47.3 Å². The average molecular weight is 329 g/mol. The Hall–Kier alpha value is -2.21. The number of unbranched alkanes of at least 4 members (excludes halogenated alkanes) is 1. The zero-order valence-corrected chi connectivity index (χ0v) is 14.7. The second-order valence-corrected chi connectivity index (χ2v) is 5.72. The highest BCUT2D eigenvalue weighted by Crippen LogP contribution is 2.15. The third-order valence-electron chi connectivity index (χ3n) is 3.52. The van der Waals surface area contributed by atoms with E-state index in [1.165, 1.54) is 0 Å². The van der Waals surface area contributed by atoms with Gasteiger partial charge in [0.15, 0.2) is 5.11 Å². The molecule has 23 heavy (non-hydrogen) atoms. The lowest BCUT2D eigenvalue weighted by molar-refractivity contribution is 0.745. The maximum Gasteiger partial charge on any atom is 0.186 e. The first-order valence-corrected chi connectivity index (χ1v) is 8.23. The summed E-state index contributed by atoms with van der Waals surface area (Å²) in [6, 6.07) is 10.1. The lowest BCUT2D eigenvalue weighted by atomic mass is 10.2. The van der Waals surface area contributed by atoms with Crippen LogP contribution in [0, 0.1) is 13.8 Å². The largest absolute Gasteiger partial charge is 0.361 e. The van der Waals surface area contributed by atoms with E-state index in [1.54, 1.807) is 6.21 Å². The van der Waals surface area contributed by atoms with Crippen LogP contribution in [0.5, 0.6) is 0 Å². The fourth-order valence-electron chi connectivity index (χ4n) is 2.24. The fourth-order valence-corrected chi connectivity index (χ4v) is 2.39. The van der Waals surface area contributed by atoms with Crippen molar-refractivity contribution in [3.63, 3.8) is 0 Å². The number of para-hydroxylation sites is 1. The SMILES string of the molecule is CCCCNC(=S)NN=Cc1c(C)nn(-c2ccccc2)c1C. The number of hydrogen-bond acceptors (Lipinski definition) is 3. The second kappa shape index (κ2) is 8.43. The molecule has 2 aromatic rings. The van der Waals surface area contributed by atoms with E-state index >= 15 is 0 Å². The fraction of sp³-hybridized carbons (Fsp3) is 0.353. The van der Waals surface area contributed by atoms with Crippen LogP contribution in [-0.2, 0) is 0 Å². The lowest BCUT2D eigenvalue weighted by Crippen LogP contribution is -2.32. The molecule has 0 aliphatic heterocycles. The molecule has 122 valence electrons. The number of thiocarbonyl (C=S) groups is 1. The normalized spacial score (nSPS) is 10.9. The van der Waals surface area contributed by atoms with Crippen molar-refractivity contribution in [3.8, 4) is 5.69 Å². The zero-order valence-electron chi connectivity index (χ0n) is 13.8. The molecule has 0 aliphatic rings. The van der Waals surface area contributed by atoms with Crippen LogP contribution in [0.4, 0.5) is 0 Å². The van der Waals surface area contributed by atoms with Gasteiger partial charge in [0.1, 0.15) is 0 Å². The van der Waals surface area contributed by atoms with Crippen molar-refractivity contribution >= 4 is 23.5 Å². The molecule has 2 N–H and O–H groups in total. The summed E-state index contributed by atoms with van der Waals surface area (Å²) < 4.78 is 1.93. The smallest absolute Gasteiger partial charge is 0.186 e. The van der Waals surface area contributed by atoms with Crippen molar-refractivity contribution < 1.29 is 0 Å². The van der Waals surface area contributed by atoms with Gasteiger partial charge in [0.05, 0.1) is 23.3 Å². The van der Waals surface area contributed by atoms with Crippen molar-refractivity contribution in [1.29, 1.82) is 0 Å². The Kier molecular flexibility index (Phi) is 6.29. The number of nitrogens with zero attached hydrogens (tertiary/aromatic N) is 3. The summed E-state index contributed by atoms with van der Waals surface area (Å²) in [7, 11) is 0. The molecule has 5 nitrogen and oxygen atoms in total. The predicted molar refractivity (Wildman–Crippen MR) is 99.3 cm³/mol. The van der Waals surface area contributed by atoms with Crippen molar-refractivity contribution in [2.45, 2.75) is 33.6 Å². The molecule has 1 aromatic carbocycles. The average Bonchev–Trinajstić information content (AvgIpc) is 2.84. The minimum absolute atomic E-state index is 0.542. The monoisotopic (exact) mass is 329 g/mol. The van der Waals surface area contributed by atoms with Gasteiger partial charge in [-0.05, 0) is 44.6 Å². The third kappa shape index (κ3) is 4.63. The number of hydrogen-bond donors (Lipinski definition) is 2. The zero-order chi connectivity index (χ0) is 16.7. The molecule has 0 spiro atoms. The number of aryl methyl sites for hydroxylation is 1. The van der Waals surface area contributed by atoms with Crippen molar-refractivity contribution in [1.82, 2.24) is 20.5 Å². The van der Waals surface area contributed by atoms with Gasteiger partial charge in [-0.1, -0.05) is 31.5 Å². The Morgan fingerprint density at radius 1 is 1.30 bits per heavy atom. The van der Waals surface area contributed by atoms with E-state index in [2.05, 4.69) is 27.9 Å². The molecule has 0 saturated heterocycles. The van der Waals surface area contributed by atoms with Crippen LogP contribution >= 0.6 is 12.2 Å². The van der Waals surface area contributed by atoms with Gasteiger partial charge < -0.3 is 5.32 Å². The van der Waals surface area contributed by atoms with Crippen LogP contribution in [-0.4, -0.2) is 27.7 Å². The van der Waals surface area contributed by atoms with E-state index in [0.29, 0.717) is 5.11 Å². The molecule has 0 saturated carbocycles. The molecule has 0 bridgehead atoms. The van der Waals surface area contributed by atoms with Gasteiger partial charge in [-0.25, -0.2) is 4.68 Å². The van der Waals surface area contributed by atoms with Crippen LogP contribution in [0.2, 0.25) is 0 Å². The summed E-state index contributed by atoms with van der Waals surface area (Å²) in [5.41, 5.74) is 6.86. The van der Waals surface area contributed by atoms with Gasteiger partial charge in [-0.15, -0.1) is 0 Å². The first kappa shape index (κ1) is 17.1. The molecule has 0 aliphatic carbocycles. The lowest BCUT2D eigenvalue weighted by Gasteiger charge is -2.05. The Balaban J connectivity index is 2.05. The number of aromatic nitrogens is 2. The minimum atomic E-state index is 0.542. The van der Waals surface area contributed by atoms with Gasteiger partial charge in [0.2, 0.25) is 0 Å². The highest BCUT2D eigenvalue weighted by molar-refractivity contribution is 7.80. The maximum absolute atomic E-state index is 5.17. The maximum atomic E-state index is 5.17. The van der Waals surface area contributed by atoms with E-state index in [-0.39, 0.29) is 0 Å². The summed E-state index contributed by atoms with van der Waals surface area (Å²) in [5, 5.41) is 12.5. The van der Waals surface area contributed by atoms with E-state index in [4.69, 9.17) is 12.2 Å². The molecule has 0 unspecified atom stereocenters. The Labute approximate surface area is 142 Å². The number of hydrazone groups is 1. The van der Waals surface area contributed by atoms with Crippen LogP contribution in [0.15, 0.2) is 35.4 Å². The van der Waals surface area contributed by atoms with Gasteiger partial charge in [-0.2, -0.15) is 10.2 Å². The summed E-state index contributed by atoms with van der Waals surface area (Å²) >= 11 is 5.17. The van der Waals surface area contributed by atoms with Crippen molar-refractivity contribution in [2.24, 2.45) is 5.10 Å². The Morgan fingerprint density at radius 2 is 2.04 bits per heavy atom. The molecule has 0 atom stereocenters. The third-order valence-corrected chi connectivity index (χ3v) is 3.76. The number of nitrogens with one attached hydrogen (secondary N) is 2. The first-order valence-electron chi connectivity index (χ1n) is 7.82. The molecule has 1 aromatic heterocycles. The Morgan fingerprint density at radius 3 is 2.74 bits per heavy atom. The van der Waals surface area contributed by atoms with Gasteiger partial charge >= 0.3 is 0 Å². The van der Waals surface area contributed by atoms with Crippen LogP contribution in [0.1, 0.15) is 36.7 Å². The van der Waals surface area contributed by atoms with Gasteiger partial charge in [0, 0.05) is 12.1 Å². The number of rotatable bonds is 6. The van der Waals surface area contributed by atoms with E-state index in [1.807, 2.05) is 48.9 Å². The van der Waals surface area contributed by atoms with Crippen molar-refractivity contribution in [2.75, 3.05) is 6.54 Å². The van der Waals surface area contributed by atoms with E-state index < -0.39 is 0 Å². The molecule has 0 radical (unpaired) electrons. The summed E-state index contributed by atoms with van der Waals surface area (Å²) in [4.78, 5) is 0. The molecule has 6 heteroatoms. The van der Waals surface area contributed by atoms with E-state index in [9.17, 15) is 0 Å². The molecule has 1 heterocycles.